The number of hydrazone groups is 1. The summed E-state index contributed by atoms with van der Waals surface area (Å²) in [6.07, 6.45) is -1.93. The number of hydrogen-bond acceptors (Lipinski definition) is 7. The number of alkyl halides is 3. The highest BCUT2D eigenvalue weighted by Crippen LogP contribution is 2.23. The molecule has 0 aliphatic carbocycles. The molecule has 1 fully saturated rings. The Bertz CT molecular complexity index is 995. The van der Waals surface area contributed by atoms with Gasteiger partial charge in [-0.1, -0.05) is 36.4 Å². The van der Waals surface area contributed by atoms with Crippen molar-refractivity contribution in [2.75, 3.05) is 32.7 Å². The van der Waals surface area contributed by atoms with Gasteiger partial charge in [-0.05, 0) is 43.0 Å². The first-order valence-corrected chi connectivity index (χ1v) is 11.7. The SMILES string of the molecule is N/N=C(/C1CCN(C(=O)c2ccc(CCNCC(O)c3ccccc3)cn2)CC1)N(N)CC(F)(F)F. The predicted molar refractivity (Wildman–Crippen MR) is 129 cm³/mol. The van der Waals surface area contributed by atoms with E-state index in [1.807, 2.05) is 36.4 Å². The summed E-state index contributed by atoms with van der Waals surface area (Å²) in [5.41, 5.74) is 2.10. The van der Waals surface area contributed by atoms with Crippen LogP contribution in [0.15, 0.2) is 53.8 Å². The number of amides is 1. The lowest BCUT2D eigenvalue weighted by Gasteiger charge is -2.34. The van der Waals surface area contributed by atoms with Gasteiger partial charge in [-0.3, -0.25) is 14.8 Å². The first-order valence-electron chi connectivity index (χ1n) is 11.7. The molecule has 0 saturated carbocycles. The molecule has 3 rings (SSSR count). The van der Waals surface area contributed by atoms with Gasteiger partial charge in [-0.25, -0.2) is 5.84 Å². The zero-order valence-electron chi connectivity index (χ0n) is 19.9. The van der Waals surface area contributed by atoms with E-state index in [-0.39, 0.29) is 17.7 Å². The number of rotatable bonds is 9. The van der Waals surface area contributed by atoms with E-state index in [4.69, 9.17) is 11.7 Å². The highest BCUT2D eigenvalue weighted by molar-refractivity contribution is 5.92. The van der Waals surface area contributed by atoms with Gasteiger partial charge in [-0.2, -0.15) is 18.3 Å². The van der Waals surface area contributed by atoms with E-state index in [1.54, 1.807) is 17.2 Å². The third-order valence-electron chi connectivity index (χ3n) is 6.08. The molecule has 1 aromatic carbocycles. The molecule has 2 aromatic rings. The number of carbonyl (C=O) groups excluding carboxylic acids is 1. The van der Waals surface area contributed by atoms with Crippen LogP contribution < -0.4 is 17.0 Å². The molecule has 196 valence electrons. The molecular formula is C24H32F3N7O2. The van der Waals surface area contributed by atoms with E-state index < -0.39 is 18.8 Å². The number of nitrogens with one attached hydrogen (secondary N) is 1. The quantitative estimate of drug-likeness (QED) is 0.134. The minimum Gasteiger partial charge on any atom is -0.387 e. The lowest BCUT2D eigenvalue weighted by molar-refractivity contribution is -0.138. The van der Waals surface area contributed by atoms with E-state index in [0.717, 1.165) is 11.1 Å². The molecule has 9 nitrogen and oxygen atoms in total. The molecule has 1 aromatic heterocycles. The Balaban J connectivity index is 1.43. The molecule has 6 N–H and O–H groups in total. The number of carbonyl (C=O) groups is 1. The monoisotopic (exact) mass is 507 g/mol. The second-order valence-corrected chi connectivity index (χ2v) is 8.73. The Morgan fingerprint density at radius 3 is 2.50 bits per heavy atom. The van der Waals surface area contributed by atoms with Crippen LogP contribution >= 0.6 is 0 Å². The van der Waals surface area contributed by atoms with Crippen molar-refractivity contribution in [2.24, 2.45) is 22.7 Å². The van der Waals surface area contributed by atoms with Crippen LogP contribution in [0.25, 0.3) is 0 Å². The predicted octanol–water partition coefficient (Wildman–Crippen LogP) is 1.81. The van der Waals surface area contributed by atoms with Crippen molar-refractivity contribution in [1.82, 2.24) is 20.2 Å². The van der Waals surface area contributed by atoms with Crippen molar-refractivity contribution in [3.05, 3.63) is 65.5 Å². The molecule has 0 spiro atoms. The molecule has 0 radical (unpaired) electrons. The second kappa shape index (κ2) is 12.7. The fourth-order valence-corrected chi connectivity index (χ4v) is 4.15. The van der Waals surface area contributed by atoms with Gasteiger partial charge >= 0.3 is 6.18 Å². The number of piperidine rings is 1. The zero-order valence-corrected chi connectivity index (χ0v) is 19.9. The number of hydrogen-bond donors (Lipinski definition) is 4. The number of hydrazine groups is 1. The van der Waals surface area contributed by atoms with Crippen LogP contribution in [-0.4, -0.2) is 70.6 Å². The average Bonchev–Trinajstić information content (AvgIpc) is 2.87. The van der Waals surface area contributed by atoms with E-state index in [0.29, 0.717) is 56.1 Å². The highest BCUT2D eigenvalue weighted by Gasteiger charge is 2.35. The number of benzene rings is 1. The first-order chi connectivity index (χ1) is 17.2. The summed E-state index contributed by atoms with van der Waals surface area (Å²) in [5, 5.41) is 17.4. The minimum atomic E-state index is -4.47. The molecule has 36 heavy (non-hydrogen) atoms. The Hall–Kier alpha value is -3.22. The number of halogens is 3. The van der Waals surface area contributed by atoms with Crippen LogP contribution in [0.2, 0.25) is 0 Å². The van der Waals surface area contributed by atoms with Crippen LogP contribution in [0.5, 0.6) is 0 Å². The van der Waals surface area contributed by atoms with Gasteiger partial charge in [-0.15, -0.1) is 0 Å². The molecular weight excluding hydrogens is 475 g/mol. The zero-order chi connectivity index (χ0) is 26.1. The molecule has 12 heteroatoms. The highest BCUT2D eigenvalue weighted by atomic mass is 19.4. The molecule has 1 unspecified atom stereocenters. The summed E-state index contributed by atoms with van der Waals surface area (Å²) in [7, 11) is 0. The van der Waals surface area contributed by atoms with E-state index >= 15 is 0 Å². The van der Waals surface area contributed by atoms with Crippen LogP contribution in [-0.2, 0) is 6.42 Å². The largest absolute Gasteiger partial charge is 0.407 e. The van der Waals surface area contributed by atoms with Crippen LogP contribution in [0.3, 0.4) is 0 Å². The van der Waals surface area contributed by atoms with Crippen LogP contribution in [0.4, 0.5) is 13.2 Å². The number of aliphatic hydroxyl groups is 1. The number of likely N-dealkylation sites (tertiary alicyclic amines) is 1. The maximum atomic E-state index is 12.8. The number of aromatic nitrogens is 1. The first kappa shape index (κ1) is 27.4. The summed E-state index contributed by atoms with van der Waals surface area (Å²) >= 11 is 0. The Morgan fingerprint density at radius 2 is 1.92 bits per heavy atom. The molecule has 1 saturated heterocycles. The van der Waals surface area contributed by atoms with Gasteiger partial charge < -0.3 is 21.2 Å². The summed E-state index contributed by atoms with van der Waals surface area (Å²) in [4.78, 5) is 18.7. The number of amidine groups is 1. The molecule has 2 heterocycles. The van der Waals surface area contributed by atoms with E-state index in [2.05, 4.69) is 15.4 Å². The van der Waals surface area contributed by atoms with Crippen molar-refractivity contribution in [3.63, 3.8) is 0 Å². The third kappa shape index (κ3) is 7.90. The van der Waals surface area contributed by atoms with Crippen molar-refractivity contribution >= 4 is 11.7 Å². The Kier molecular flexibility index (Phi) is 9.62. The number of nitrogens with two attached hydrogens (primary N) is 2. The van der Waals surface area contributed by atoms with Crippen molar-refractivity contribution in [3.8, 4) is 0 Å². The van der Waals surface area contributed by atoms with E-state index in [9.17, 15) is 23.1 Å². The number of pyridine rings is 1. The maximum Gasteiger partial charge on any atom is 0.407 e. The van der Waals surface area contributed by atoms with Crippen molar-refractivity contribution < 1.29 is 23.1 Å². The average molecular weight is 508 g/mol. The van der Waals surface area contributed by atoms with Gasteiger partial charge in [0, 0.05) is 31.7 Å². The maximum absolute atomic E-state index is 12.8. The minimum absolute atomic E-state index is 0.0215. The lowest BCUT2D eigenvalue weighted by atomic mass is 9.95. The Morgan fingerprint density at radius 1 is 1.22 bits per heavy atom. The molecule has 1 aliphatic heterocycles. The van der Waals surface area contributed by atoms with Crippen molar-refractivity contribution in [2.45, 2.75) is 31.5 Å². The lowest BCUT2D eigenvalue weighted by Crippen LogP contribution is -2.50. The van der Waals surface area contributed by atoms with Crippen molar-refractivity contribution in [1.29, 1.82) is 0 Å². The topological polar surface area (TPSA) is 133 Å². The summed E-state index contributed by atoms with van der Waals surface area (Å²) < 4.78 is 37.9. The fourth-order valence-electron chi connectivity index (χ4n) is 4.15. The number of nitrogens with zero attached hydrogens (tertiary/aromatic N) is 4. The van der Waals surface area contributed by atoms with Crippen LogP contribution in [0.1, 0.15) is 40.6 Å². The molecule has 1 aliphatic rings. The van der Waals surface area contributed by atoms with Gasteiger partial charge in [0.15, 0.2) is 0 Å². The summed E-state index contributed by atoms with van der Waals surface area (Å²) in [5.74, 6) is 10.2. The smallest absolute Gasteiger partial charge is 0.387 e. The van der Waals surface area contributed by atoms with Gasteiger partial charge in [0.2, 0.25) is 0 Å². The van der Waals surface area contributed by atoms with Gasteiger partial charge in [0.05, 0.1) is 6.10 Å². The fraction of sp³-hybridized carbons (Fsp3) is 0.458. The summed E-state index contributed by atoms with van der Waals surface area (Å²) in [6.45, 7) is 0.392. The van der Waals surface area contributed by atoms with Gasteiger partial charge in [0.25, 0.3) is 5.91 Å². The molecule has 1 atom stereocenters. The molecule has 1 amide bonds. The van der Waals surface area contributed by atoms with E-state index in [1.165, 1.54) is 0 Å². The third-order valence-corrected chi connectivity index (χ3v) is 6.08. The standard InChI is InChI=1S/C24H32F3N7O2/c25-24(26,27)16-34(29)22(32-28)19-9-12-33(13-10-19)23(36)20-7-6-17(14-31-20)8-11-30-15-21(35)18-4-2-1-3-5-18/h1-7,14,19,21,30,35H,8-13,15-16,28-29H2/b32-22-. The van der Waals surface area contributed by atoms with Gasteiger partial charge in [0.1, 0.15) is 18.1 Å². The second-order valence-electron chi connectivity index (χ2n) is 8.73. The normalized spacial score (nSPS) is 16.1. The van der Waals surface area contributed by atoms with Crippen LogP contribution in [0, 0.1) is 5.92 Å². The Labute approximate surface area is 207 Å². The number of aliphatic hydroxyl groups excluding tert-OH is 1. The molecule has 0 bridgehead atoms. The summed E-state index contributed by atoms with van der Waals surface area (Å²) in [6, 6.07) is 12.9.